The minimum Gasteiger partial charge on any atom is -0.504 e. The summed E-state index contributed by atoms with van der Waals surface area (Å²) >= 11 is 0. The molecule has 16 heavy (non-hydrogen) atoms. The van der Waals surface area contributed by atoms with Crippen LogP contribution in [0.25, 0.3) is 11.1 Å². The van der Waals surface area contributed by atoms with Crippen molar-refractivity contribution < 1.29 is 10.2 Å². The lowest BCUT2D eigenvalue weighted by Crippen LogP contribution is -1.84. The molecule has 2 heteroatoms. The maximum atomic E-state index is 9.49. The summed E-state index contributed by atoms with van der Waals surface area (Å²) in [6.07, 6.45) is 0. The van der Waals surface area contributed by atoms with Crippen molar-refractivity contribution in [3.05, 3.63) is 47.5 Å². The van der Waals surface area contributed by atoms with Crippen LogP contribution in [-0.4, -0.2) is 10.2 Å². The topological polar surface area (TPSA) is 40.5 Å². The Morgan fingerprint density at radius 3 is 2.00 bits per heavy atom. The summed E-state index contributed by atoms with van der Waals surface area (Å²) in [5.41, 5.74) is 4.12. The van der Waals surface area contributed by atoms with E-state index in [1.54, 1.807) is 12.1 Å². The van der Waals surface area contributed by atoms with Crippen molar-refractivity contribution in [2.75, 3.05) is 0 Å². The zero-order valence-electron chi connectivity index (χ0n) is 9.36. The third-order valence-corrected chi connectivity index (χ3v) is 2.68. The van der Waals surface area contributed by atoms with E-state index in [1.807, 2.05) is 38.1 Å². The zero-order valence-corrected chi connectivity index (χ0v) is 9.36. The van der Waals surface area contributed by atoms with E-state index >= 15 is 0 Å². The van der Waals surface area contributed by atoms with Gasteiger partial charge in [0, 0.05) is 0 Å². The second-order valence-electron chi connectivity index (χ2n) is 4.02. The monoisotopic (exact) mass is 214 g/mol. The number of phenols is 2. The third-order valence-electron chi connectivity index (χ3n) is 2.68. The molecule has 0 saturated heterocycles. The van der Waals surface area contributed by atoms with Crippen LogP contribution in [0.2, 0.25) is 0 Å². The summed E-state index contributed by atoms with van der Waals surface area (Å²) in [6, 6.07) is 11.2. The quantitative estimate of drug-likeness (QED) is 0.714. The Hall–Kier alpha value is -1.96. The van der Waals surface area contributed by atoms with Crippen molar-refractivity contribution in [2.45, 2.75) is 13.8 Å². The van der Waals surface area contributed by atoms with Crippen molar-refractivity contribution in [3.63, 3.8) is 0 Å². The largest absolute Gasteiger partial charge is 0.504 e. The van der Waals surface area contributed by atoms with Gasteiger partial charge >= 0.3 is 0 Å². The molecule has 0 aliphatic rings. The lowest BCUT2D eigenvalue weighted by molar-refractivity contribution is 0.403. The van der Waals surface area contributed by atoms with Crippen molar-refractivity contribution in [1.82, 2.24) is 0 Å². The predicted molar refractivity (Wildman–Crippen MR) is 64.7 cm³/mol. The molecule has 2 nitrogen and oxygen atoms in total. The Bertz CT molecular complexity index is 513. The van der Waals surface area contributed by atoms with Crippen LogP contribution in [-0.2, 0) is 0 Å². The molecular weight excluding hydrogens is 200 g/mol. The van der Waals surface area contributed by atoms with Crippen LogP contribution in [0, 0.1) is 13.8 Å². The number of rotatable bonds is 1. The predicted octanol–water partition coefficient (Wildman–Crippen LogP) is 3.38. The van der Waals surface area contributed by atoms with E-state index in [-0.39, 0.29) is 11.5 Å². The van der Waals surface area contributed by atoms with Gasteiger partial charge in [-0.2, -0.15) is 0 Å². The average molecular weight is 214 g/mol. The van der Waals surface area contributed by atoms with Gasteiger partial charge in [0.15, 0.2) is 11.5 Å². The summed E-state index contributed by atoms with van der Waals surface area (Å²) in [6.45, 7) is 3.94. The van der Waals surface area contributed by atoms with Crippen LogP contribution in [0.3, 0.4) is 0 Å². The van der Waals surface area contributed by atoms with Crippen LogP contribution < -0.4 is 0 Å². The second-order valence-corrected chi connectivity index (χ2v) is 4.02. The molecule has 0 spiro atoms. The maximum absolute atomic E-state index is 9.49. The van der Waals surface area contributed by atoms with Gasteiger partial charge in [0.2, 0.25) is 0 Å². The fraction of sp³-hybridized carbons (Fsp3) is 0.143. The number of aryl methyl sites for hydroxylation is 2. The molecule has 0 aromatic heterocycles. The van der Waals surface area contributed by atoms with Gasteiger partial charge in [0.05, 0.1) is 0 Å². The lowest BCUT2D eigenvalue weighted by Gasteiger charge is -2.08. The molecule has 2 N–H and O–H groups in total. The summed E-state index contributed by atoms with van der Waals surface area (Å²) in [4.78, 5) is 0. The number of aromatic hydroxyl groups is 2. The van der Waals surface area contributed by atoms with Crippen molar-refractivity contribution in [2.24, 2.45) is 0 Å². The van der Waals surface area contributed by atoms with Crippen LogP contribution in [0.4, 0.5) is 0 Å². The first-order valence-corrected chi connectivity index (χ1v) is 5.17. The molecule has 0 amide bonds. The molecule has 0 fully saturated rings. The summed E-state index contributed by atoms with van der Waals surface area (Å²) in [5, 5.41) is 18.9. The minimum atomic E-state index is -0.0822. The van der Waals surface area contributed by atoms with Gasteiger partial charge in [-0.1, -0.05) is 29.8 Å². The summed E-state index contributed by atoms with van der Waals surface area (Å²) in [5.74, 6) is -0.158. The van der Waals surface area contributed by atoms with Crippen LogP contribution in [0.1, 0.15) is 11.1 Å². The van der Waals surface area contributed by atoms with Gasteiger partial charge in [0.1, 0.15) is 0 Å². The molecule has 2 rings (SSSR count). The number of benzene rings is 2. The average Bonchev–Trinajstić information content (AvgIpc) is 2.25. The summed E-state index contributed by atoms with van der Waals surface area (Å²) < 4.78 is 0. The van der Waals surface area contributed by atoms with Crippen LogP contribution >= 0.6 is 0 Å². The highest BCUT2D eigenvalue weighted by Gasteiger charge is 2.07. The Kier molecular flexibility index (Phi) is 2.57. The summed E-state index contributed by atoms with van der Waals surface area (Å²) in [7, 11) is 0. The fourth-order valence-electron chi connectivity index (χ4n) is 1.73. The first-order valence-electron chi connectivity index (χ1n) is 5.17. The van der Waals surface area contributed by atoms with Gasteiger partial charge in [-0.25, -0.2) is 0 Å². The minimum absolute atomic E-state index is 0.0756. The standard InChI is InChI=1S/C14H14O2/c1-9-3-5-11(6-4-9)12-8-14(16)13(15)7-10(12)2/h3-8,15-16H,1-2H3. The van der Waals surface area contributed by atoms with Gasteiger partial charge in [-0.3, -0.25) is 0 Å². The molecule has 0 radical (unpaired) electrons. The van der Waals surface area contributed by atoms with Gasteiger partial charge < -0.3 is 10.2 Å². The van der Waals surface area contributed by atoms with Crippen molar-refractivity contribution in [3.8, 4) is 22.6 Å². The Morgan fingerprint density at radius 1 is 0.812 bits per heavy atom. The highest BCUT2D eigenvalue weighted by Crippen LogP contribution is 2.33. The number of hydrogen-bond acceptors (Lipinski definition) is 2. The molecular formula is C14H14O2. The van der Waals surface area contributed by atoms with Gasteiger partial charge in [-0.15, -0.1) is 0 Å². The van der Waals surface area contributed by atoms with E-state index in [9.17, 15) is 10.2 Å². The van der Waals surface area contributed by atoms with Crippen LogP contribution in [0.5, 0.6) is 11.5 Å². The Balaban J connectivity index is 2.56. The molecule has 0 bridgehead atoms. The normalized spacial score (nSPS) is 10.4. The van der Waals surface area contributed by atoms with E-state index < -0.39 is 0 Å². The van der Waals surface area contributed by atoms with E-state index in [0.717, 1.165) is 16.7 Å². The highest BCUT2D eigenvalue weighted by molar-refractivity contribution is 5.70. The van der Waals surface area contributed by atoms with Crippen molar-refractivity contribution >= 4 is 0 Å². The number of phenolic OH excluding ortho intramolecular Hbond substituents is 2. The van der Waals surface area contributed by atoms with E-state index in [2.05, 4.69) is 0 Å². The van der Waals surface area contributed by atoms with Gasteiger partial charge in [-0.05, 0) is 42.7 Å². The third kappa shape index (κ3) is 1.87. The smallest absolute Gasteiger partial charge is 0.158 e. The molecule has 0 aliphatic carbocycles. The molecule has 82 valence electrons. The Morgan fingerprint density at radius 2 is 1.38 bits per heavy atom. The van der Waals surface area contributed by atoms with Crippen LogP contribution in [0.15, 0.2) is 36.4 Å². The molecule has 0 saturated carbocycles. The molecule has 0 unspecified atom stereocenters. The van der Waals surface area contributed by atoms with Gasteiger partial charge in [0.25, 0.3) is 0 Å². The van der Waals surface area contributed by atoms with E-state index in [1.165, 1.54) is 5.56 Å². The van der Waals surface area contributed by atoms with E-state index in [4.69, 9.17) is 0 Å². The first-order chi connectivity index (χ1) is 7.58. The fourth-order valence-corrected chi connectivity index (χ4v) is 1.73. The molecule has 0 atom stereocenters. The Labute approximate surface area is 94.8 Å². The first kappa shape index (κ1) is 10.6. The zero-order chi connectivity index (χ0) is 11.7. The maximum Gasteiger partial charge on any atom is 0.158 e. The molecule has 2 aromatic rings. The highest BCUT2D eigenvalue weighted by atomic mass is 16.3. The van der Waals surface area contributed by atoms with Crippen molar-refractivity contribution in [1.29, 1.82) is 0 Å². The SMILES string of the molecule is Cc1ccc(-c2cc(O)c(O)cc2C)cc1. The molecule has 2 aromatic carbocycles. The molecule has 0 heterocycles. The van der Waals surface area contributed by atoms with E-state index in [0.29, 0.717) is 0 Å². The molecule has 0 aliphatic heterocycles. The number of hydrogen-bond donors (Lipinski definition) is 2. The lowest BCUT2D eigenvalue weighted by atomic mass is 9.99. The second kappa shape index (κ2) is 3.89.